The van der Waals surface area contributed by atoms with Gasteiger partial charge in [0.1, 0.15) is 11.3 Å². The number of likely N-dealkylation sites (tertiary alicyclic amines) is 1. The predicted molar refractivity (Wildman–Crippen MR) is 158 cm³/mol. The molecule has 4 aromatic rings. The first-order valence-corrected chi connectivity index (χ1v) is 16.3. The summed E-state index contributed by atoms with van der Waals surface area (Å²) in [4.78, 5) is 27.1. The third-order valence-corrected chi connectivity index (χ3v) is 10.0. The molecule has 7 rings (SSSR count). The molecule has 0 atom stereocenters. The third kappa shape index (κ3) is 5.18. The quantitative estimate of drug-likeness (QED) is 0.339. The Morgan fingerprint density at radius 1 is 0.902 bits per heavy atom. The molecule has 0 spiro atoms. The standard InChI is InChI=1S/C29H36N8O3S/c1-20(2)27-31-23-5-3-4-6-25(23)37(27)29-32-24-8-7-21(30-26(24)28(33-29)36-9-13-40-14-10-36)17-34-18-22(19-34)35-11-15-41(38,39)16-12-35/h3-8,20,22H,9-19H2,1-2H3. The van der Waals surface area contributed by atoms with Gasteiger partial charge in [-0.15, -0.1) is 0 Å². The molecule has 0 bridgehead atoms. The molecule has 0 N–H and O–H groups in total. The molecule has 0 amide bonds. The molecule has 1 aromatic carbocycles. The summed E-state index contributed by atoms with van der Waals surface area (Å²) in [6, 6.07) is 12.7. The van der Waals surface area contributed by atoms with Crippen LogP contribution in [0.4, 0.5) is 5.82 Å². The van der Waals surface area contributed by atoms with Crippen molar-refractivity contribution in [2.45, 2.75) is 32.4 Å². The van der Waals surface area contributed by atoms with Crippen LogP contribution in [0.15, 0.2) is 36.4 Å². The number of nitrogens with zero attached hydrogens (tertiary/aromatic N) is 8. The van der Waals surface area contributed by atoms with Crippen LogP contribution in [0, 0.1) is 0 Å². The maximum Gasteiger partial charge on any atom is 0.238 e. The summed E-state index contributed by atoms with van der Waals surface area (Å²) in [5, 5.41) is 0. The topological polar surface area (TPSA) is 110 Å². The highest BCUT2D eigenvalue weighted by Gasteiger charge is 2.35. The fraction of sp³-hybridized carbons (Fsp3) is 0.517. The van der Waals surface area contributed by atoms with Gasteiger partial charge in [0.2, 0.25) is 5.95 Å². The highest BCUT2D eigenvalue weighted by atomic mass is 32.2. The van der Waals surface area contributed by atoms with E-state index in [1.807, 2.05) is 18.2 Å². The first kappa shape index (κ1) is 26.7. The number of hydrogen-bond donors (Lipinski definition) is 0. The van der Waals surface area contributed by atoms with E-state index >= 15 is 0 Å². The van der Waals surface area contributed by atoms with Crippen LogP contribution < -0.4 is 4.90 Å². The average molecular weight is 577 g/mol. The summed E-state index contributed by atoms with van der Waals surface area (Å²) in [6.45, 7) is 11.0. The monoisotopic (exact) mass is 576 g/mol. The van der Waals surface area contributed by atoms with Gasteiger partial charge in [0.05, 0.1) is 47.0 Å². The lowest BCUT2D eigenvalue weighted by molar-refractivity contribution is 0.0327. The number of rotatable bonds is 6. The predicted octanol–water partition coefficient (Wildman–Crippen LogP) is 2.24. The molecule has 6 heterocycles. The number of aromatic nitrogens is 5. The summed E-state index contributed by atoms with van der Waals surface area (Å²) in [6.07, 6.45) is 0. The van der Waals surface area contributed by atoms with Gasteiger partial charge in [-0.3, -0.25) is 14.4 Å². The second-order valence-electron chi connectivity index (χ2n) is 11.6. The van der Waals surface area contributed by atoms with Gasteiger partial charge in [-0.1, -0.05) is 26.0 Å². The SMILES string of the molecule is CC(C)c1nc2ccccc2n1-c1nc(N2CCOCC2)c2nc(CN3CC(N4CCS(=O)(=O)CC4)C3)ccc2n1. The lowest BCUT2D eigenvalue weighted by atomic mass is 10.1. The van der Waals surface area contributed by atoms with Gasteiger partial charge in [0.15, 0.2) is 15.7 Å². The Morgan fingerprint density at radius 3 is 2.41 bits per heavy atom. The van der Waals surface area contributed by atoms with E-state index in [2.05, 4.69) is 51.3 Å². The number of fused-ring (bicyclic) bond motifs is 2. The van der Waals surface area contributed by atoms with Crippen molar-refractivity contribution >= 4 is 37.7 Å². The lowest BCUT2D eigenvalue weighted by Crippen LogP contribution is -2.61. The van der Waals surface area contributed by atoms with Crippen molar-refractivity contribution < 1.29 is 13.2 Å². The van der Waals surface area contributed by atoms with Gasteiger partial charge in [-0.25, -0.2) is 23.4 Å². The fourth-order valence-electron chi connectivity index (χ4n) is 6.08. The Hall–Kier alpha value is -3.19. The molecule has 0 radical (unpaired) electrons. The minimum absolute atomic E-state index is 0.198. The summed E-state index contributed by atoms with van der Waals surface area (Å²) in [5.41, 5.74) is 4.52. The maximum atomic E-state index is 11.8. The number of morpholine rings is 1. The Bertz CT molecular complexity index is 1680. The number of para-hydroxylation sites is 2. The Labute approximate surface area is 240 Å². The zero-order chi connectivity index (χ0) is 28.1. The van der Waals surface area contributed by atoms with Crippen molar-refractivity contribution in [3.05, 3.63) is 47.9 Å². The van der Waals surface area contributed by atoms with E-state index < -0.39 is 9.84 Å². The smallest absolute Gasteiger partial charge is 0.238 e. The average Bonchev–Trinajstić information content (AvgIpc) is 3.35. The van der Waals surface area contributed by atoms with Gasteiger partial charge in [0.25, 0.3) is 0 Å². The maximum absolute atomic E-state index is 11.8. The minimum atomic E-state index is -2.86. The fourth-order valence-corrected chi connectivity index (χ4v) is 7.31. The molecule has 216 valence electrons. The van der Waals surface area contributed by atoms with Crippen molar-refractivity contribution in [3.63, 3.8) is 0 Å². The number of hydrogen-bond acceptors (Lipinski definition) is 10. The van der Waals surface area contributed by atoms with Crippen LogP contribution in [0.3, 0.4) is 0 Å². The molecule has 3 fully saturated rings. The van der Waals surface area contributed by atoms with Gasteiger partial charge in [-0.05, 0) is 24.3 Å². The Kier molecular flexibility index (Phi) is 6.88. The first-order valence-electron chi connectivity index (χ1n) is 14.5. The first-order chi connectivity index (χ1) is 19.8. The molecule has 3 aliphatic rings. The molecule has 0 unspecified atom stereocenters. The van der Waals surface area contributed by atoms with Crippen LogP contribution in [-0.2, 0) is 21.1 Å². The molecule has 0 aliphatic carbocycles. The molecule has 0 saturated carbocycles. The van der Waals surface area contributed by atoms with E-state index in [1.54, 1.807) is 0 Å². The Balaban J connectivity index is 1.20. The number of pyridine rings is 1. The van der Waals surface area contributed by atoms with Crippen LogP contribution in [0.1, 0.15) is 31.3 Å². The molecule has 3 aromatic heterocycles. The van der Waals surface area contributed by atoms with E-state index in [0.717, 1.165) is 72.1 Å². The molecule has 11 nitrogen and oxygen atoms in total. The normalized spacial score (nSPS) is 20.7. The van der Waals surface area contributed by atoms with Crippen LogP contribution in [0.25, 0.3) is 28.0 Å². The number of anilines is 1. The summed E-state index contributed by atoms with van der Waals surface area (Å²) in [5.74, 6) is 3.12. The summed E-state index contributed by atoms with van der Waals surface area (Å²) < 4.78 is 31.3. The van der Waals surface area contributed by atoms with E-state index in [9.17, 15) is 8.42 Å². The van der Waals surface area contributed by atoms with Gasteiger partial charge in [0, 0.05) is 57.8 Å². The highest BCUT2D eigenvalue weighted by Crippen LogP contribution is 2.30. The number of benzene rings is 1. The van der Waals surface area contributed by atoms with E-state index in [-0.39, 0.29) is 17.4 Å². The van der Waals surface area contributed by atoms with E-state index in [1.165, 1.54) is 0 Å². The Morgan fingerprint density at radius 2 is 1.66 bits per heavy atom. The van der Waals surface area contributed by atoms with Crippen LogP contribution in [-0.4, -0.2) is 113 Å². The highest BCUT2D eigenvalue weighted by molar-refractivity contribution is 7.91. The second kappa shape index (κ2) is 10.6. The van der Waals surface area contributed by atoms with Crippen molar-refractivity contribution in [2.24, 2.45) is 0 Å². The number of ether oxygens (including phenoxy) is 1. The molecule has 12 heteroatoms. The van der Waals surface area contributed by atoms with Crippen molar-refractivity contribution in [1.82, 2.24) is 34.3 Å². The van der Waals surface area contributed by atoms with Crippen molar-refractivity contribution in [1.29, 1.82) is 0 Å². The number of sulfone groups is 1. The zero-order valence-electron chi connectivity index (χ0n) is 23.6. The molecule has 3 saturated heterocycles. The van der Waals surface area contributed by atoms with Crippen LogP contribution >= 0.6 is 0 Å². The van der Waals surface area contributed by atoms with Gasteiger partial charge >= 0.3 is 0 Å². The van der Waals surface area contributed by atoms with Crippen LogP contribution in [0.2, 0.25) is 0 Å². The third-order valence-electron chi connectivity index (χ3n) is 8.40. The number of imidazole rings is 1. The zero-order valence-corrected chi connectivity index (χ0v) is 24.4. The summed E-state index contributed by atoms with van der Waals surface area (Å²) >= 11 is 0. The van der Waals surface area contributed by atoms with E-state index in [0.29, 0.717) is 38.3 Å². The van der Waals surface area contributed by atoms with Crippen molar-refractivity contribution in [3.8, 4) is 5.95 Å². The molecule has 3 aliphatic heterocycles. The van der Waals surface area contributed by atoms with Gasteiger partial charge in [-0.2, -0.15) is 4.98 Å². The lowest BCUT2D eigenvalue weighted by Gasteiger charge is -2.46. The molecular formula is C29H36N8O3S. The van der Waals surface area contributed by atoms with Crippen LogP contribution in [0.5, 0.6) is 0 Å². The van der Waals surface area contributed by atoms with Gasteiger partial charge < -0.3 is 9.64 Å². The van der Waals surface area contributed by atoms with E-state index in [4.69, 9.17) is 24.7 Å². The second-order valence-corrected chi connectivity index (χ2v) is 13.9. The summed E-state index contributed by atoms with van der Waals surface area (Å²) in [7, 11) is -2.86. The molecule has 41 heavy (non-hydrogen) atoms. The minimum Gasteiger partial charge on any atom is -0.378 e. The largest absolute Gasteiger partial charge is 0.378 e. The van der Waals surface area contributed by atoms with Crippen molar-refractivity contribution in [2.75, 3.05) is 68.9 Å². The molecular weight excluding hydrogens is 540 g/mol.